The molecule has 2 rings (SSSR count). The van der Waals surface area contributed by atoms with Crippen molar-refractivity contribution in [3.05, 3.63) is 17.2 Å². The van der Waals surface area contributed by atoms with Crippen LogP contribution in [-0.2, 0) is 4.79 Å². The molecule has 1 aliphatic rings. The number of hydrogen-bond donors (Lipinski definition) is 1. The van der Waals surface area contributed by atoms with E-state index in [0.29, 0.717) is 35.4 Å². The lowest BCUT2D eigenvalue weighted by molar-refractivity contribution is -0.114. The minimum atomic E-state index is -0.173. The second kappa shape index (κ2) is 3.98. The van der Waals surface area contributed by atoms with Crippen molar-refractivity contribution in [1.82, 2.24) is 0 Å². The Balaban J connectivity index is 2.36. The van der Waals surface area contributed by atoms with Crippen LogP contribution < -0.4 is 14.8 Å². The molecular weight excluding hydrogens is 218 g/mol. The number of carbonyl (C=O) groups is 1. The minimum absolute atomic E-state index is 0.173. The molecule has 0 aromatic heterocycles. The van der Waals surface area contributed by atoms with E-state index in [0.717, 1.165) is 0 Å². The van der Waals surface area contributed by atoms with Gasteiger partial charge in [0.2, 0.25) is 5.91 Å². The molecule has 0 atom stereocenters. The molecular formula is C10H10ClNO3. The zero-order valence-electron chi connectivity index (χ0n) is 8.17. The largest absolute Gasteiger partial charge is 0.486 e. The Morgan fingerprint density at radius 2 is 1.93 bits per heavy atom. The summed E-state index contributed by atoms with van der Waals surface area (Å²) >= 11 is 5.96. The van der Waals surface area contributed by atoms with Crippen molar-refractivity contribution >= 4 is 23.2 Å². The van der Waals surface area contributed by atoms with Crippen LogP contribution in [0.4, 0.5) is 5.69 Å². The zero-order chi connectivity index (χ0) is 10.8. The van der Waals surface area contributed by atoms with Crippen molar-refractivity contribution in [2.24, 2.45) is 0 Å². The van der Waals surface area contributed by atoms with Crippen LogP contribution in [0, 0.1) is 0 Å². The Bertz CT molecular complexity index is 406. The molecule has 80 valence electrons. The fraction of sp³-hybridized carbons (Fsp3) is 0.300. The molecule has 0 bridgehead atoms. The van der Waals surface area contributed by atoms with Gasteiger partial charge in [-0.25, -0.2) is 0 Å². The summed E-state index contributed by atoms with van der Waals surface area (Å²) in [5.74, 6) is 1.04. The number of rotatable bonds is 1. The third kappa shape index (κ3) is 2.15. The quantitative estimate of drug-likeness (QED) is 0.799. The summed E-state index contributed by atoms with van der Waals surface area (Å²) in [6.07, 6.45) is 0. The molecule has 5 heteroatoms. The highest BCUT2D eigenvalue weighted by molar-refractivity contribution is 6.34. The molecule has 1 aliphatic heterocycles. The summed E-state index contributed by atoms with van der Waals surface area (Å²) in [6, 6.07) is 3.31. The van der Waals surface area contributed by atoms with E-state index in [4.69, 9.17) is 21.1 Å². The first-order valence-corrected chi connectivity index (χ1v) is 4.91. The number of hydrogen-bond acceptors (Lipinski definition) is 3. The van der Waals surface area contributed by atoms with Crippen LogP contribution in [0.2, 0.25) is 5.02 Å². The van der Waals surface area contributed by atoms with Gasteiger partial charge in [0, 0.05) is 19.1 Å². The van der Waals surface area contributed by atoms with Gasteiger partial charge in [-0.1, -0.05) is 11.6 Å². The third-order valence-electron chi connectivity index (χ3n) is 1.94. The molecule has 0 aliphatic carbocycles. The number of benzene rings is 1. The maximum atomic E-state index is 10.9. The van der Waals surface area contributed by atoms with Gasteiger partial charge in [-0.2, -0.15) is 0 Å². The lowest BCUT2D eigenvalue weighted by atomic mass is 10.2. The van der Waals surface area contributed by atoms with Crippen molar-refractivity contribution < 1.29 is 14.3 Å². The Labute approximate surface area is 92.1 Å². The van der Waals surface area contributed by atoms with Crippen LogP contribution in [-0.4, -0.2) is 19.1 Å². The lowest BCUT2D eigenvalue weighted by Gasteiger charge is -2.19. The van der Waals surface area contributed by atoms with Crippen molar-refractivity contribution in [3.8, 4) is 11.5 Å². The van der Waals surface area contributed by atoms with E-state index in [-0.39, 0.29) is 5.91 Å². The first-order valence-electron chi connectivity index (χ1n) is 4.53. The predicted octanol–water partition coefficient (Wildman–Crippen LogP) is 2.07. The van der Waals surface area contributed by atoms with Gasteiger partial charge in [-0.15, -0.1) is 0 Å². The first kappa shape index (κ1) is 10.1. The topological polar surface area (TPSA) is 47.6 Å². The molecule has 1 aromatic carbocycles. The maximum Gasteiger partial charge on any atom is 0.221 e. The first-order chi connectivity index (χ1) is 7.16. The van der Waals surface area contributed by atoms with Gasteiger partial charge in [-0.3, -0.25) is 4.79 Å². The zero-order valence-corrected chi connectivity index (χ0v) is 8.93. The van der Waals surface area contributed by atoms with Gasteiger partial charge >= 0.3 is 0 Å². The molecule has 0 radical (unpaired) electrons. The summed E-state index contributed by atoms with van der Waals surface area (Å²) in [6.45, 7) is 2.45. The van der Waals surface area contributed by atoms with Crippen LogP contribution in [0.1, 0.15) is 6.92 Å². The fourth-order valence-electron chi connectivity index (χ4n) is 1.35. The van der Waals surface area contributed by atoms with Crippen LogP contribution in [0.3, 0.4) is 0 Å². The summed E-state index contributed by atoms with van der Waals surface area (Å²) in [7, 11) is 0. The van der Waals surface area contributed by atoms with E-state index in [9.17, 15) is 4.79 Å². The van der Waals surface area contributed by atoms with Gasteiger partial charge in [0.25, 0.3) is 0 Å². The second-order valence-electron chi connectivity index (χ2n) is 3.16. The molecule has 0 unspecified atom stereocenters. The number of amides is 1. The average molecular weight is 228 g/mol. The predicted molar refractivity (Wildman–Crippen MR) is 56.7 cm³/mol. The minimum Gasteiger partial charge on any atom is -0.486 e. The average Bonchev–Trinajstić information content (AvgIpc) is 2.18. The molecule has 0 spiro atoms. The molecule has 1 amide bonds. The number of anilines is 1. The van der Waals surface area contributed by atoms with Crippen LogP contribution in [0.25, 0.3) is 0 Å². The molecule has 15 heavy (non-hydrogen) atoms. The Kier molecular flexibility index (Phi) is 2.68. The van der Waals surface area contributed by atoms with E-state index in [1.165, 1.54) is 6.92 Å². The Hall–Kier alpha value is -1.42. The van der Waals surface area contributed by atoms with Crippen molar-refractivity contribution in [1.29, 1.82) is 0 Å². The van der Waals surface area contributed by atoms with Crippen molar-refractivity contribution in [2.75, 3.05) is 18.5 Å². The molecule has 0 saturated carbocycles. The SMILES string of the molecule is CC(=O)Nc1cc2c(cc1Cl)OCCO2. The van der Waals surface area contributed by atoms with Crippen molar-refractivity contribution in [2.45, 2.75) is 6.92 Å². The third-order valence-corrected chi connectivity index (χ3v) is 2.26. The molecule has 1 aromatic rings. The van der Waals surface area contributed by atoms with Crippen LogP contribution in [0.15, 0.2) is 12.1 Å². The molecule has 4 nitrogen and oxygen atoms in total. The van der Waals surface area contributed by atoms with Gasteiger partial charge in [-0.05, 0) is 0 Å². The molecule has 0 saturated heterocycles. The number of nitrogens with one attached hydrogen (secondary N) is 1. The molecule has 0 fully saturated rings. The molecule has 1 N–H and O–H groups in total. The van der Waals surface area contributed by atoms with Gasteiger partial charge in [0.15, 0.2) is 11.5 Å². The lowest BCUT2D eigenvalue weighted by Crippen LogP contribution is -2.16. The Morgan fingerprint density at radius 1 is 1.33 bits per heavy atom. The van der Waals surface area contributed by atoms with Crippen molar-refractivity contribution in [3.63, 3.8) is 0 Å². The van der Waals surface area contributed by atoms with E-state index in [2.05, 4.69) is 5.32 Å². The highest BCUT2D eigenvalue weighted by Crippen LogP contribution is 2.37. The number of ether oxygens (including phenoxy) is 2. The normalized spacial score (nSPS) is 13.5. The number of halogens is 1. The van der Waals surface area contributed by atoms with Crippen LogP contribution >= 0.6 is 11.6 Å². The highest BCUT2D eigenvalue weighted by atomic mass is 35.5. The summed E-state index contributed by atoms with van der Waals surface area (Å²) < 4.78 is 10.7. The van der Waals surface area contributed by atoms with Gasteiger partial charge in [0.05, 0.1) is 10.7 Å². The Morgan fingerprint density at radius 3 is 2.53 bits per heavy atom. The van der Waals surface area contributed by atoms with Gasteiger partial charge < -0.3 is 14.8 Å². The standard InChI is InChI=1S/C10H10ClNO3/c1-6(13)12-8-5-10-9(4-7(8)11)14-2-3-15-10/h4-5H,2-3H2,1H3,(H,12,13). The maximum absolute atomic E-state index is 10.9. The summed E-state index contributed by atoms with van der Waals surface area (Å²) in [4.78, 5) is 10.9. The second-order valence-corrected chi connectivity index (χ2v) is 3.56. The van der Waals surface area contributed by atoms with E-state index in [1.54, 1.807) is 12.1 Å². The monoisotopic (exact) mass is 227 g/mol. The number of fused-ring (bicyclic) bond motifs is 1. The summed E-state index contributed by atoms with van der Waals surface area (Å²) in [5, 5.41) is 3.06. The smallest absolute Gasteiger partial charge is 0.221 e. The van der Waals surface area contributed by atoms with Crippen LogP contribution in [0.5, 0.6) is 11.5 Å². The van der Waals surface area contributed by atoms with E-state index < -0.39 is 0 Å². The van der Waals surface area contributed by atoms with Gasteiger partial charge in [0.1, 0.15) is 13.2 Å². The summed E-state index contributed by atoms with van der Waals surface area (Å²) in [5.41, 5.74) is 0.536. The molecule has 1 heterocycles. The van der Waals surface area contributed by atoms with E-state index in [1.807, 2.05) is 0 Å². The highest BCUT2D eigenvalue weighted by Gasteiger charge is 2.15. The fourth-order valence-corrected chi connectivity index (χ4v) is 1.55. The van der Waals surface area contributed by atoms with E-state index >= 15 is 0 Å². The number of carbonyl (C=O) groups excluding carboxylic acids is 1.